The van der Waals surface area contributed by atoms with Crippen LogP contribution in [0.4, 0.5) is 19.0 Å². The van der Waals surface area contributed by atoms with E-state index < -0.39 is 11.7 Å². The molecule has 1 aliphatic rings. The number of amides is 1. The lowest BCUT2D eigenvalue weighted by Gasteiger charge is -2.30. The van der Waals surface area contributed by atoms with Crippen LogP contribution in [0.15, 0.2) is 36.8 Å². The maximum absolute atomic E-state index is 13.0. The van der Waals surface area contributed by atoms with E-state index in [1.54, 1.807) is 25.4 Å². The van der Waals surface area contributed by atoms with Gasteiger partial charge in [-0.3, -0.25) is 14.8 Å². The van der Waals surface area contributed by atoms with Crippen molar-refractivity contribution in [2.75, 3.05) is 11.4 Å². The maximum atomic E-state index is 13.0. The quantitative estimate of drug-likeness (QED) is 0.667. The SMILES string of the molecule is Cc1cnccc1CNC(=O)c1cc(C)c(N2CCc3ncc(C(F)(F)F)cc3C2)nn1. The first-order valence-corrected chi connectivity index (χ1v) is 10.0. The first kappa shape index (κ1) is 21.7. The van der Waals surface area contributed by atoms with E-state index in [-0.39, 0.29) is 18.1 Å². The molecule has 10 heteroatoms. The minimum Gasteiger partial charge on any atom is -0.350 e. The molecule has 166 valence electrons. The Morgan fingerprint density at radius 1 is 1.16 bits per heavy atom. The van der Waals surface area contributed by atoms with Crippen LogP contribution in [0.1, 0.15) is 44.0 Å². The number of nitrogens with zero attached hydrogens (tertiary/aromatic N) is 5. The lowest BCUT2D eigenvalue weighted by molar-refractivity contribution is -0.137. The Labute approximate surface area is 182 Å². The molecule has 0 aromatic carbocycles. The van der Waals surface area contributed by atoms with E-state index in [0.29, 0.717) is 42.1 Å². The van der Waals surface area contributed by atoms with E-state index in [0.717, 1.165) is 23.4 Å². The zero-order valence-corrected chi connectivity index (χ0v) is 17.6. The van der Waals surface area contributed by atoms with Gasteiger partial charge in [0, 0.05) is 50.3 Å². The van der Waals surface area contributed by atoms with Gasteiger partial charge in [-0.05, 0) is 54.3 Å². The first-order chi connectivity index (χ1) is 15.2. The molecule has 1 amide bonds. The Kier molecular flexibility index (Phi) is 5.77. The highest BCUT2D eigenvalue weighted by molar-refractivity contribution is 5.92. The molecule has 3 aromatic heterocycles. The molecule has 7 nitrogen and oxygen atoms in total. The van der Waals surface area contributed by atoms with Gasteiger partial charge < -0.3 is 10.2 Å². The Bertz CT molecular complexity index is 1160. The van der Waals surface area contributed by atoms with Crippen LogP contribution in [0.3, 0.4) is 0 Å². The van der Waals surface area contributed by atoms with Gasteiger partial charge in [0.1, 0.15) is 0 Å². The monoisotopic (exact) mass is 442 g/mol. The van der Waals surface area contributed by atoms with Gasteiger partial charge in [0.2, 0.25) is 0 Å². The van der Waals surface area contributed by atoms with Crippen molar-refractivity contribution in [1.82, 2.24) is 25.5 Å². The zero-order valence-electron chi connectivity index (χ0n) is 17.6. The van der Waals surface area contributed by atoms with Crippen molar-refractivity contribution >= 4 is 11.7 Å². The van der Waals surface area contributed by atoms with Gasteiger partial charge in [0.05, 0.1) is 5.56 Å². The van der Waals surface area contributed by atoms with Crippen molar-refractivity contribution in [2.24, 2.45) is 0 Å². The van der Waals surface area contributed by atoms with E-state index in [4.69, 9.17) is 0 Å². The predicted octanol–water partition coefficient (Wildman–Crippen LogP) is 3.39. The predicted molar refractivity (Wildman–Crippen MR) is 111 cm³/mol. The van der Waals surface area contributed by atoms with Crippen LogP contribution in [0, 0.1) is 13.8 Å². The van der Waals surface area contributed by atoms with E-state index in [1.165, 1.54) is 0 Å². The van der Waals surface area contributed by atoms with E-state index in [9.17, 15) is 18.0 Å². The van der Waals surface area contributed by atoms with Gasteiger partial charge in [-0.1, -0.05) is 0 Å². The minimum atomic E-state index is -4.44. The van der Waals surface area contributed by atoms with Gasteiger partial charge in [-0.25, -0.2) is 0 Å². The number of aryl methyl sites for hydroxylation is 2. The average Bonchev–Trinajstić information content (AvgIpc) is 2.77. The van der Waals surface area contributed by atoms with Crippen molar-refractivity contribution in [3.05, 3.63) is 76.0 Å². The topological polar surface area (TPSA) is 83.9 Å². The van der Waals surface area contributed by atoms with Crippen LogP contribution in [0.5, 0.6) is 0 Å². The summed E-state index contributed by atoms with van der Waals surface area (Å²) in [6, 6.07) is 4.61. The third-order valence-electron chi connectivity index (χ3n) is 5.43. The molecule has 4 heterocycles. The van der Waals surface area contributed by atoms with Gasteiger partial charge in [-0.2, -0.15) is 13.2 Å². The number of halogens is 3. The smallest absolute Gasteiger partial charge is 0.350 e. The number of pyridine rings is 2. The van der Waals surface area contributed by atoms with Crippen molar-refractivity contribution < 1.29 is 18.0 Å². The summed E-state index contributed by atoms with van der Waals surface area (Å²) in [6.07, 6.45) is 0.327. The standard InChI is InChI=1S/C22H21F3N6O/c1-13-7-19(21(32)28-10-15-3-5-26-9-14(15)2)29-30-20(13)31-6-4-18-16(12-31)8-17(11-27-18)22(23,24)25/h3,5,7-9,11H,4,6,10,12H2,1-2H3,(H,28,32). The molecule has 0 radical (unpaired) electrons. The summed E-state index contributed by atoms with van der Waals surface area (Å²) in [4.78, 5) is 22.4. The molecular formula is C22H21F3N6O. The Hall–Kier alpha value is -3.56. The lowest BCUT2D eigenvalue weighted by atomic mass is 10.0. The van der Waals surface area contributed by atoms with Crippen molar-refractivity contribution in [1.29, 1.82) is 0 Å². The molecule has 0 spiro atoms. The Balaban J connectivity index is 1.48. The minimum absolute atomic E-state index is 0.177. The van der Waals surface area contributed by atoms with Crippen LogP contribution in [0.25, 0.3) is 0 Å². The van der Waals surface area contributed by atoms with Crippen LogP contribution in [0.2, 0.25) is 0 Å². The number of carbonyl (C=O) groups is 1. The molecule has 0 bridgehead atoms. The number of aromatic nitrogens is 4. The summed E-state index contributed by atoms with van der Waals surface area (Å²) in [5.74, 6) is 0.181. The van der Waals surface area contributed by atoms with E-state index in [1.807, 2.05) is 17.9 Å². The number of fused-ring (bicyclic) bond motifs is 1. The summed E-state index contributed by atoms with van der Waals surface area (Å²) in [5, 5.41) is 11.1. The number of alkyl halides is 3. The number of anilines is 1. The number of hydrogen-bond donors (Lipinski definition) is 1. The number of rotatable bonds is 4. The molecule has 1 aliphatic heterocycles. The molecule has 3 aromatic rings. The second kappa shape index (κ2) is 8.52. The molecule has 0 saturated carbocycles. The third kappa shape index (κ3) is 4.53. The van der Waals surface area contributed by atoms with Gasteiger partial charge in [0.25, 0.3) is 5.91 Å². The highest BCUT2D eigenvalue weighted by Crippen LogP contribution is 2.32. The van der Waals surface area contributed by atoms with Crippen molar-refractivity contribution in [3.8, 4) is 0 Å². The van der Waals surface area contributed by atoms with Gasteiger partial charge >= 0.3 is 6.18 Å². The highest BCUT2D eigenvalue weighted by Gasteiger charge is 2.32. The van der Waals surface area contributed by atoms with Crippen LogP contribution < -0.4 is 10.2 Å². The van der Waals surface area contributed by atoms with Gasteiger partial charge in [-0.15, -0.1) is 10.2 Å². The molecule has 0 fully saturated rings. The number of hydrogen-bond acceptors (Lipinski definition) is 6. The summed E-state index contributed by atoms with van der Waals surface area (Å²) >= 11 is 0. The molecule has 4 rings (SSSR count). The fraction of sp³-hybridized carbons (Fsp3) is 0.318. The second-order valence-corrected chi connectivity index (χ2v) is 7.72. The molecular weight excluding hydrogens is 421 g/mol. The first-order valence-electron chi connectivity index (χ1n) is 10.0. The molecule has 0 aliphatic carbocycles. The molecule has 0 saturated heterocycles. The normalized spacial score (nSPS) is 13.6. The molecule has 32 heavy (non-hydrogen) atoms. The largest absolute Gasteiger partial charge is 0.417 e. The fourth-order valence-electron chi connectivity index (χ4n) is 3.63. The highest BCUT2D eigenvalue weighted by atomic mass is 19.4. The summed E-state index contributed by atoms with van der Waals surface area (Å²) < 4.78 is 39.1. The molecule has 1 N–H and O–H groups in total. The average molecular weight is 442 g/mol. The second-order valence-electron chi connectivity index (χ2n) is 7.72. The van der Waals surface area contributed by atoms with Crippen molar-refractivity contribution in [3.63, 3.8) is 0 Å². The fourth-order valence-corrected chi connectivity index (χ4v) is 3.63. The number of carbonyl (C=O) groups excluding carboxylic acids is 1. The van der Waals surface area contributed by atoms with Crippen LogP contribution >= 0.6 is 0 Å². The zero-order chi connectivity index (χ0) is 22.9. The molecule has 0 atom stereocenters. The van der Waals surface area contributed by atoms with Crippen LogP contribution in [-0.4, -0.2) is 32.6 Å². The third-order valence-corrected chi connectivity index (χ3v) is 5.43. The summed E-state index contributed by atoms with van der Waals surface area (Å²) in [5.41, 5.74) is 3.22. The van der Waals surface area contributed by atoms with Crippen molar-refractivity contribution in [2.45, 2.75) is 39.5 Å². The summed E-state index contributed by atoms with van der Waals surface area (Å²) in [7, 11) is 0. The lowest BCUT2D eigenvalue weighted by Crippen LogP contribution is -2.33. The maximum Gasteiger partial charge on any atom is 0.417 e. The number of nitrogens with one attached hydrogen (secondary N) is 1. The van der Waals surface area contributed by atoms with Gasteiger partial charge in [0.15, 0.2) is 11.5 Å². The molecule has 0 unspecified atom stereocenters. The van der Waals surface area contributed by atoms with E-state index >= 15 is 0 Å². The van der Waals surface area contributed by atoms with E-state index in [2.05, 4.69) is 25.5 Å². The summed E-state index contributed by atoms with van der Waals surface area (Å²) in [6.45, 7) is 4.85. The Morgan fingerprint density at radius 3 is 2.69 bits per heavy atom. The Morgan fingerprint density at radius 2 is 1.97 bits per heavy atom. The van der Waals surface area contributed by atoms with Crippen LogP contribution in [-0.2, 0) is 25.7 Å².